The summed E-state index contributed by atoms with van der Waals surface area (Å²) in [6.07, 6.45) is 0.0525. The maximum Gasteiger partial charge on any atom is 0.151 e. The van der Waals surface area contributed by atoms with Crippen molar-refractivity contribution >= 4 is 12.6 Å². The van der Waals surface area contributed by atoms with E-state index in [1.807, 2.05) is 0 Å². The highest BCUT2D eigenvalue weighted by molar-refractivity contribution is 7.80. The lowest BCUT2D eigenvalue weighted by Crippen LogP contribution is -2.02. The lowest BCUT2D eigenvalue weighted by Gasteiger charge is -1.97. The number of aliphatic hydroxyl groups is 2. The van der Waals surface area contributed by atoms with Gasteiger partial charge in [-0.2, -0.15) is 12.6 Å². The summed E-state index contributed by atoms with van der Waals surface area (Å²) >= 11 is 3.87. The molecule has 0 aromatic rings. The molecular weight excluding hydrogens is 112 g/mol. The first kappa shape index (κ1) is 7.27. The molecule has 0 saturated heterocycles. The van der Waals surface area contributed by atoms with Crippen molar-refractivity contribution in [1.29, 1.82) is 0 Å². The van der Waals surface area contributed by atoms with E-state index >= 15 is 0 Å². The number of hydrogen-bond acceptors (Lipinski definition) is 3. The van der Waals surface area contributed by atoms with E-state index in [-0.39, 0.29) is 0 Å². The van der Waals surface area contributed by atoms with Crippen molar-refractivity contribution in [2.75, 3.05) is 5.75 Å². The van der Waals surface area contributed by atoms with Gasteiger partial charge in [0.05, 0.1) is 0 Å². The lowest BCUT2D eigenvalue weighted by molar-refractivity contribution is -0.0451. The van der Waals surface area contributed by atoms with Crippen molar-refractivity contribution in [3.8, 4) is 0 Å². The first-order valence-electron chi connectivity index (χ1n) is 2.24. The van der Waals surface area contributed by atoms with Crippen molar-refractivity contribution in [3.63, 3.8) is 0 Å². The summed E-state index contributed by atoms with van der Waals surface area (Å²) in [6, 6.07) is 0. The van der Waals surface area contributed by atoms with Crippen molar-refractivity contribution < 1.29 is 10.2 Å². The van der Waals surface area contributed by atoms with Gasteiger partial charge in [0, 0.05) is 0 Å². The molecule has 2 nitrogen and oxygen atoms in total. The monoisotopic (exact) mass is 122 g/mol. The van der Waals surface area contributed by atoms with Gasteiger partial charge in [-0.1, -0.05) is 0 Å². The van der Waals surface area contributed by atoms with E-state index < -0.39 is 6.29 Å². The van der Waals surface area contributed by atoms with E-state index in [1.165, 1.54) is 0 Å². The third kappa shape index (κ3) is 6.27. The van der Waals surface area contributed by atoms with Crippen LogP contribution in [0.3, 0.4) is 0 Å². The third-order valence-electron chi connectivity index (χ3n) is 0.620. The van der Waals surface area contributed by atoms with Crippen LogP contribution < -0.4 is 0 Å². The molecule has 0 aliphatic heterocycles. The molecule has 0 aliphatic carbocycles. The Morgan fingerprint density at radius 3 is 2.14 bits per heavy atom. The topological polar surface area (TPSA) is 40.5 Å². The zero-order valence-electron chi connectivity index (χ0n) is 4.04. The standard InChI is InChI=1S/C4H10O2S/c5-4(6)2-1-3-7/h4-7H,1-3H2. The summed E-state index contributed by atoms with van der Waals surface area (Å²) in [5, 5.41) is 16.4. The Labute approximate surface area is 48.6 Å². The maximum absolute atomic E-state index is 8.21. The highest BCUT2D eigenvalue weighted by Gasteiger charge is 1.92. The van der Waals surface area contributed by atoms with Crippen molar-refractivity contribution in [2.45, 2.75) is 19.1 Å². The fraction of sp³-hybridized carbons (Fsp3) is 1.00. The Bertz CT molecular complexity index is 38.7. The van der Waals surface area contributed by atoms with Crippen LogP contribution in [0.15, 0.2) is 0 Å². The van der Waals surface area contributed by atoms with Gasteiger partial charge < -0.3 is 10.2 Å². The van der Waals surface area contributed by atoms with Gasteiger partial charge >= 0.3 is 0 Å². The molecule has 0 amide bonds. The van der Waals surface area contributed by atoms with E-state index in [1.54, 1.807) is 0 Å². The predicted octanol–water partition coefficient (Wildman–Crippen LogP) is 0.00710. The Balaban J connectivity index is 2.68. The molecule has 2 N–H and O–H groups in total. The summed E-state index contributed by atoms with van der Waals surface area (Å²) in [5.74, 6) is 0.720. The Morgan fingerprint density at radius 2 is 2.00 bits per heavy atom. The second-order valence-corrected chi connectivity index (χ2v) is 1.79. The Kier molecular flexibility index (Phi) is 4.60. The quantitative estimate of drug-likeness (QED) is 0.364. The number of aliphatic hydroxyl groups excluding tert-OH is 1. The smallest absolute Gasteiger partial charge is 0.151 e. The van der Waals surface area contributed by atoms with E-state index in [9.17, 15) is 0 Å². The summed E-state index contributed by atoms with van der Waals surface area (Å²) in [6.45, 7) is 0. The van der Waals surface area contributed by atoms with Gasteiger partial charge in [0.2, 0.25) is 0 Å². The molecule has 0 radical (unpaired) electrons. The maximum atomic E-state index is 8.21. The predicted molar refractivity (Wildman–Crippen MR) is 31.3 cm³/mol. The first-order chi connectivity index (χ1) is 3.27. The molecule has 3 heteroatoms. The SMILES string of the molecule is OC(O)CCCS. The van der Waals surface area contributed by atoms with Gasteiger partial charge in [-0.15, -0.1) is 0 Å². The van der Waals surface area contributed by atoms with Gasteiger partial charge in [-0.05, 0) is 18.6 Å². The largest absolute Gasteiger partial charge is 0.368 e. The van der Waals surface area contributed by atoms with Crippen LogP contribution in [0.4, 0.5) is 0 Å². The molecule has 0 bridgehead atoms. The Hall–Kier alpha value is 0.270. The molecule has 0 atom stereocenters. The van der Waals surface area contributed by atoms with Crippen LogP contribution in [-0.2, 0) is 0 Å². The van der Waals surface area contributed by atoms with Crippen molar-refractivity contribution in [1.82, 2.24) is 0 Å². The van der Waals surface area contributed by atoms with Crippen LogP contribution in [0.2, 0.25) is 0 Å². The van der Waals surface area contributed by atoms with Crippen LogP contribution in [-0.4, -0.2) is 22.3 Å². The molecule has 0 rings (SSSR count). The second-order valence-electron chi connectivity index (χ2n) is 1.35. The molecule has 0 heterocycles. The van der Waals surface area contributed by atoms with Crippen LogP contribution in [0, 0.1) is 0 Å². The van der Waals surface area contributed by atoms with Gasteiger partial charge in [-0.3, -0.25) is 0 Å². The number of thiol groups is 1. The highest BCUT2D eigenvalue weighted by Crippen LogP contribution is 1.93. The molecule has 44 valence electrons. The average Bonchev–Trinajstić information content (AvgIpc) is 1.61. The van der Waals surface area contributed by atoms with E-state index in [0.717, 1.165) is 12.2 Å². The summed E-state index contributed by atoms with van der Waals surface area (Å²) in [4.78, 5) is 0. The highest BCUT2D eigenvalue weighted by atomic mass is 32.1. The van der Waals surface area contributed by atoms with E-state index in [2.05, 4.69) is 12.6 Å². The van der Waals surface area contributed by atoms with Gasteiger partial charge in [-0.25, -0.2) is 0 Å². The van der Waals surface area contributed by atoms with Gasteiger partial charge in [0.15, 0.2) is 6.29 Å². The minimum atomic E-state index is -1.15. The van der Waals surface area contributed by atoms with E-state index in [0.29, 0.717) is 6.42 Å². The molecular formula is C4H10O2S. The number of hydrogen-bond donors (Lipinski definition) is 3. The summed E-state index contributed by atoms with van der Waals surface area (Å²) in [5.41, 5.74) is 0. The molecule has 0 fully saturated rings. The fourth-order valence-electron chi connectivity index (χ4n) is 0.274. The zero-order valence-corrected chi connectivity index (χ0v) is 4.93. The van der Waals surface area contributed by atoms with Crippen LogP contribution >= 0.6 is 12.6 Å². The summed E-state index contributed by atoms with van der Waals surface area (Å²) < 4.78 is 0. The second kappa shape index (κ2) is 4.43. The van der Waals surface area contributed by atoms with Crippen molar-refractivity contribution in [2.24, 2.45) is 0 Å². The molecule has 0 aliphatic rings. The minimum absolute atomic E-state index is 0.434. The summed E-state index contributed by atoms with van der Waals surface area (Å²) in [7, 11) is 0. The van der Waals surface area contributed by atoms with E-state index in [4.69, 9.17) is 10.2 Å². The molecule has 0 spiro atoms. The lowest BCUT2D eigenvalue weighted by atomic mass is 10.3. The molecule has 7 heavy (non-hydrogen) atoms. The first-order valence-corrected chi connectivity index (χ1v) is 2.87. The molecule has 0 unspecified atom stereocenters. The minimum Gasteiger partial charge on any atom is -0.368 e. The third-order valence-corrected chi connectivity index (χ3v) is 0.937. The van der Waals surface area contributed by atoms with Gasteiger partial charge in [0.1, 0.15) is 0 Å². The normalized spacial score (nSPS) is 10.3. The Morgan fingerprint density at radius 1 is 1.43 bits per heavy atom. The number of rotatable bonds is 3. The van der Waals surface area contributed by atoms with Crippen molar-refractivity contribution in [3.05, 3.63) is 0 Å². The van der Waals surface area contributed by atoms with Crippen LogP contribution in [0.25, 0.3) is 0 Å². The molecule has 0 saturated carbocycles. The van der Waals surface area contributed by atoms with Crippen LogP contribution in [0.5, 0.6) is 0 Å². The van der Waals surface area contributed by atoms with Crippen LogP contribution in [0.1, 0.15) is 12.8 Å². The fourth-order valence-corrected chi connectivity index (χ4v) is 0.456. The molecule has 0 aromatic heterocycles. The van der Waals surface area contributed by atoms with Gasteiger partial charge in [0.25, 0.3) is 0 Å². The molecule has 0 aromatic carbocycles. The average molecular weight is 122 g/mol. The zero-order chi connectivity index (χ0) is 5.70.